The van der Waals surface area contributed by atoms with Crippen molar-refractivity contribution in [2.45, 2.75) is 13.2 Å². The first-order chi connectivity index (χ1) is 14.0. The molecule has 7 nitrogen and oxygen atoms in total. The number of amides is 2. The fraction of sp³-hybridized carbons (Fsp3) is 0.150. The highest BCUT2D eigenvalue weighted by Crippen LogP contribution is 2.17. The van der Waals surface area contributed by atoms with Crippen LogP contribution in [0.5, 0.6) is 0 Å². The average molecular weight is 400 g/mol. The maximum Gasteiger partial charge on any atom is 0.271 e. The third-order valence-corrected chi connectivity index (χ3v) is 4.09. The van der Waals surface area contributed by atoms with Crippen molar-refractivity contribution >= 4 is 17.5 Å². The van der Waals surface area contributed by atoms with E-state index in [9.17, 15) is 18.4 Å². The number of hydrogen-bond donors (Lipinski definition) is 3. The van der Waals surface area contributed by atoms with Crippen LogP contribution < -0.4 is 10.6 Å². The Morgan fingerprint density at radius 3 is 2.34 bits per heavy atom. The number of hydrogen-bond acceptors (Lipinski definition) is 4. The van der Waals surface area contributed by atoms with Crippen LogP contribution in [-0.4, -0.2) is 29.1 Å². The highest BCUT2D eigenvalue weighted by atomic mass is 19.1. The second-order valence-corrected chi connectivity index (χ2v) is 6.14. The van der Waals surface area contributed by atoms with Gasteiger partial charge in [-0.25, -0.2) is 8.78 Å². The Kier molecular flexibility index (Phi) is 6.30. The molecular formula is C20H18F2N4O3. The number of carbonyl (C=O) groups is 2. The van der Waals surface area contributed by atoms with E-state index in [0.29, 0.717) is 6.61 Å². The lowest BCUT2D eigenvalue weighted by atomic mass is 10.1. The lowest BCUT2D eigenvalue weighted by molar-refractivity contribution is 0.0946. The molecule has 29 heavy (non-hydrogen) atoms. The minimum Gasteiger partial charge on any atom is -0.380 e. The third kappa shape index (κ3) is 4.82. The standard InChI is InChI=1S/C20H18F2N4O3/c1-29-11-13-7-5-12(6-8-13)9-23-20(28)18-16(10-24-26-18)25-19(27)17-14(21)3-2-4-15(17)22/h2-8,10H,9,11H2,1H3,(H,23,28)(H,24,26)(H,25,27). The highest BCUT2D eigenvalue weighted by molar-refractivity contribution is 6.08. The molecule has 0 aliphatic carbocycles. The zero-order chi connectivity index (χ0) is 20.8. The van der Waals surface area contributed by atoms with Crippen molar-refractivity contribution in [3.8, 4) is 0 Å². The van der Waals surface area contributed by atoms with Crippen LogP contribution in [-0.2, 0) is 17.9 Å². The van der Waals surface area contributed by atoms with E-state index in [1.165, 1.54) is 6.20 Å². The molecule has 2 amide bonds. The van der Waals surface area contributed by atoms with Crippen molar-refractivity contribution in [1.29, 1.82) is 0 Å². The Labute approximate surface area is 165 Å². The van der Waals surface area contributed by atoms with Crippen molar-refractivity contribution in [1.82, 2.24) is 15.5 Å². The van der Waals surface area contributed by atoms with E-state index in [4.69, 9.17) is 4.74 Å². The van der Waals surface area contributed by atoms with E-state index in [1.807, 2.05) is 24.3 Å². The van der Waals surface area contributed by atoms with Gasteiger partial charge >= 0.3 is 0 Å². The molecule has 0 aliphatic rings. The van der Waals surface area contributed by atoms with Gasteiger partial charge in [-0.15, -0.1) is 0 Å². The predicted molar refractivity (Wildman–Crippen MR) is 101 cm³/mol. The maximum absolute atomic E-state index is 13.8. The number of halogens is 2. The second kappa shape index (κ2) is 9.07. The number of nitrogens with zero attached hydrogens (tertiary/aromatic N) is 1. The van der Waals surface area contributed by atoms with Gasteiger partial charge in [0.05, 0.1) is 18.5 Å². The minimum absolute atomic E-state index is 0.00518. The molecule has 0 bridgehead atoms. The number of nitrogens with one attached hydrogen (secondary N) is 3. The maximum atomic E-state index is 13.8. The van der Waals surface area contributed by atoms with E-state index in [1.54, 1.807) is 7.11 Å². The molecular weight excluding hydrogens is 382 g/mol. The first-order valence-electron chi connectivity index (χ1n) is 8.63. The number of H-pyrrole nitrogens is 1. The number of methoxy groups -OCH3 is 1. The van der Waals surface area contributed by atoms with Crippen LogP contribution >= 0.6 is 0 Å². The van der Waals surface area contributed by atoms with Gasteiger partial charge < -0.3 is 15.4 Å². The lowest BCUT2D eigenvalue weighted by Gasteiger charge is -2.09. The molecule has 3 rings (SSSR count). The van der Waals surface area contributed by atoms with Gasteiger partial charge in [0.1, 0.15) is 22.9 Å². The minimum atomic E-state index is -1.02. The molecule has 0 fully saturated rings. The first kappa shape index (κ1) is 20.2. The van der Waals surface area contributed by atoms with Crippen molar-refractivity contribution in [3.63, 3.8) is 0 Å². The van der Waals surface area contributed by atoms with Gasteiger partial charge in [-0.2, -0.15) is 5.10 Å². The van der Waals surface area contributed by atoms with Crippen LogP contribution in [0.3, 0.4) is 0 Å². The van der Waals surface area contributed by atoms with Gasteiger partial charge in [-0.3, -0.25) is 14.7 Å². The van der Waals surface area contributed by atoms with Crippen molar-refractivity contribution in [2.75, 3.05) is 12.4 Å². The molecule has 150 valence electrons. The molecule has 3 aromatic rings. The molecule has 3 N–H and O–H groups in total. The third-order valence-electron chi connectivity index (χ3n) is 4.09. The van der Waals surface area contributed by atoms with E-state index >= 15 is 0 Å². The summed E-state index contributed by atoms with van der Waals surface area (Å²) in [5.74, 6) is -3.57. The van der Waals surface area contributed by atoms with E-state index in [0.717, 1.165) is 29.3 Å². The monoisotopic (exact) mass is 400 g/mol. The normalized spacial score (nSPS) is 10.6. The van der Waals surface area contributed by atoms with Crippen molar-refractivity contribution < 1.29 is 23.1 Å². The van der Waals surface area contributed by atoms with E-state index in [-0.39, 0.29) is 17.9 Å². The molecule has 2 aromatic carbocycles. The summed E-state index contributed by atoms with van der Waals surface area (Å²) in [7, 11) is 1.61. The smallest absolute Gasteiger partial charge is 0.271 e. The molecule has 9 heteroatoms. The summed E-state index contributed by atoms with van der Waals surface area (Å²) in [5, 5.41) is 11.2. The van der Waals surface area contributed by atoms with Crippen LogP contribution in [0.1, 0.15) is 32.0 Å². The molecule has 0 radical (unpaired) electrons. The van der Waals surface area contributed by atoms with Crippen molar-refractivity contribution in [2.24, 2.45) is 0 Å². The summed E-state index contributed by atoms with van der Waals surface area (Å²) in [4.78, 5) is 24.6. The number of ether oxygens (including phenoxy) is 1. The van der Waals surface area contributed by atoms with Crippen LogP contribution in [0, 0.1) is 11.6 Å². The Bertz CT molecular complexity index is 999. The number of carbonyl (C=O) groups excluding carboxylic acids is 2. The van der Waals surface area contributed by atoms with Crippen LogP contribution in [0.4, 0.5) is 14.5 Å². The Hall–Kier alpha value is -3.59. The predicted octanol–water partition coefficient (Wildman–Crippen LogP) is 3.02. The van der Waals surface area contributed by atoms with Crippen LogP contribution in [0.2, 0.25) is 0 Å². The second-order valence-electron chi connectivity index (χ2n) is 6.14. The molecule has 0 aliphatic heterocycles. The molecule has 1 aromatic heterocycles. The number of benzene rings is 2. The summed E-state index contributed by atoms with van der Waals surface area (Å²) < 4.78 is 32.6. The summed E-state index contributed by atoms with van der Waals surface area (Å²) >= 11 is 0. The molecule has 0 saturated carbocycles. The fourth-order valence-corrected chi connectivity index (χ4v) is 2.64. The van der Waals surface area contributed by atoms with Gasteiger partial charge in [0.15, 0.2) is 0 Å². The van der Waals surface area contributed by atoms with Gasteiger partial charge in [0.2, 0.25) is 0 Å². The SMILES string of the molecule is COCc1ccc(CNC(=O)c2[nH]ncc2NC(=O)c2c(F)cccc2F)cc1. The van der Waals surface area contributed by atoms with Gasteiger partial charge in [0.25, 0.3) is 11.8 Å². The zero-order valence-electron chi connectivity index (χ0n) is 15.5. The quantitative estimate of drug-likeness (QED) is 0.568. The van der Waals surface area contributed by atoms with Crippen molar-refractivity contribution in [3.05, 3.63) is 82.7 Å². The Morgan fingerprint density at radius 2 is 1.69 bits per heavy atom. The first-order valence-corrected chi connectivity index (χ1v) is 8.63. The Morgan fingerprint density at radius 1 is 1.03 bits per heavy atom. The van der Waals surface area contributed by atoms with Gasteiger partial charge in [0, 0.05) is 13.7 Å². The molecule has 1 heterocycles. The largest absolute Gasteiger partial charge is 0.380 e. The average Bonchev–Trinajstić information content (AvgIpc) is 3.15. The topological polar surface area (TPSA) is 96.1 Å². The van der Waals surface area contributed by atoms with E-state index < -0.39 is 29.0 Å². The number of aromatic amines is 1. The summed E-state index contributed by atoms with van der Waals surface area (Å²) in [6.45, 7) is 0.729. The van der Waals surface area contributed by atoms with E-state index in [2.05, 4.69) is 20.8 Å². The number of rotatable bonds is 7. The van der Waals surface area contributed by atoms with Gasteiger partial charge in [-0.05, 0) is 23.3 Å². The fourth-order valence-electron chi connectivity index (χ4n) is 2.64. The molecule has 0 unspecified atom stereocenters. The van der Waals surface area contributed by atoms with Crippen LogP contribution in [0.15, 0.2) is 48.7 Å². The summed E-state index contributed by atoms with van der Waals surface area (Å²) in [5.41, 5.74) is 1.09. The number of aromatic nitrogens is 2. The van der Waals surface area contributed by atoms with Crippen LogP contribution in [0.25, 0.3) is 0 Å². The highest BCUT2D eigenvalue weighted by Gasteiger charge is 2.21. The Balaban J connectivity index is 1.66. The van der Waals surface area contributed by atoms with Gasteiger partial charge in [-0.1, -0.05) is 30.3 Å². The number of anilines is 1. The summed E-state index contributed by atoms with van der Waals surface area (Å²) in [6.07, 6.45) is 1.19. The lowest BCUT2D eigenvalue weighted by Crippen LogP contribution is -2.25. The summed E-state index contributed by atoms with van der Waals surface area (Å²) in [6, 6.07) is 10.6. The molecule has 0 atom stereocenters. The zero-order valence-corrected chi connectivity index (χ0v) is 15.5. The molecule has 0 spiro atoms. The molecule has 0 saturated heterocycles.